The minimum absolute atomic E-state index is 0.528. The van der Waals surface area contributed by atoms with Gasteiger partial charge in [0.05, 0.1) is 12.4 Å². The van der Waals surface area contributed by atoms with Crippen LogP contribution in [0.15, 0.2) is 36.7 Å². The summed E-state index contributed by atoms with van der Waals surface area (Å²) in [4.78, 5) is 8.24. The molecule has 2 rings (SSSR count). The number of nitrogen functional groups attached to an aromatic ring is 1. The number of hydrogen-bond donors (Lipinski definition) is 3. The van der Waals surface area contributed by atoms with E-state index in [1.165, 1.54) is 5.56 Å². The lowest BCUT2D eigenvalue weighted by atomic mass is 10.1. The van der Waals surface area contributed by atoms with Crippen molar-refractivity contribution in [3.63, 3.8) is 0 Å². The van der Waals surface area contributed by atoms with Gasteiger partial charge in [-0.25, -0.2) is 10.8 Å². The van der Waals surface area contributed by atoms with Crippen LogP contribution >= 0.6 is 0 Å². The molecular weight excluding hydrogens is 214 g/mol. The second-order valence-electron chi connectivity index (χ2n) is 3.61. The fourth-order valence-electron chi connectivity index (χ4n) is 1.47. The Morgan fingerprint density at radius 3 is 2.47 bits per heavy atom. The molecule has 0 fully saturated rings. The molecule has 0 unspecified atom stereocenters. The molecule has 2 aromatic rings. The fourth-order valence-corrected chi connectivity index (χ4v) is 1.47. The van der Waals surface area contributed by atoms with E-state index in [2.05, 4.69) is 39.8 Å². The Morgan fingerprint density at radius 2 is 1.82 bits per heavy atom. The molecule has 0 saturated carbocycles. The number of nitrogens with one attached hydrogen (secondary N) is 2. The van der Waals surface area contributed by atoms with Crippen LogP contribution in [0.2, 0.25) is 0 Å². The van der Waals surface area contributed by atoms with Crippen molar-refractivity contribution in [2.75, 3.05) is 10.7 Å². The predicted octanol–water partition coefficient (Wildman–Crippen LogP) is 2.07. The number of nitrogens with zero attached hydrogens (tertiary/aromatic N) is 2. The van der Waals surface area contributed by atoms with Crippen LogP contribution in [0.5, 0.6) is 0 Å². The van der Waals surface area contributed by atoms with Gasteiger partial charge < -0.3 is 10.7 Å². The zero-order valence-corrected chi connectivity index (χ0v) is 9.64. The van der Waals surface area contributed by atoms with Crippen LogP contribution < -0.4 is 16.6 Å². The molecule has 4 N–H and O–H groups in total. The molecule has 1 aromatic carbocycles. The number of nitrogens with two attached hydrogens (primary N) is 1. The number of rotatable bonds is 4. The standard InChI is InChI=1S/C12H15N5/c1-2-9-3-5-10(6-4-9)15-11-7-14-8-12(16-11)17-13/h3-8H,2,13H2,1H3,(H2,15,16,17). The highest BCUT2D eigenvalue weighted by atomic mass is 15.3. The van der Waals surface area contributed by atoms with E-state index in [0.29, 0.717) is 11.6 Å². The molecule has 0 bridgehead atoms. The van der Waals surface area contributed by atoms with E-state index >= 15 is 0 Å². The molecule has 88 valence electrons. The Kier molecular flexibility index (Phi) is 3.52. The summed E-state index contributed by atoms with van der Waals surface area (Å²) in [7, 11) is 0. The fraction of sp³-hybridized carbons (Fsp3) is 0.167. The third kappa shape index (κ3) is 2.92. The van der Waals surface area contributed by atoms with Crippen molar-refractivity contribution in [3.8, 4) is 0 Å². The van der Waals surface area contributed by atoms with Gasteiger partial charge in [0.2, 0.25) is 0 Å². The molecule has 0 atom stereocenters. The topological polar surface area (TPSA) is 75.9 Å². The maximum absolute atomic E-state index is 5.27. The smallest absolute Gasteiger partial charge is 0.160 e. The Labute approximate surface area is 100 Å². The van der Waals surface area contributed by atoms with Crippen LogP contribution in [0.3, 0.4) is 0 Å². The monoisotopic (exact) mass is 229 g/mol. The molecule has 17 heavy (non-hydrogen) atoms. The first-order chi connectivity index (χ1) is 8.31. The highest BCUT2D eigenvalue weighted by Crippen LogP contribution is 2.15. The lowest BCUT2D eigenvalue weighted by Crippen LogP contribution is -2.09. The van der Waals surface area contributed by atoms with E-state index < -0.39 is 0 Å². The number of anilines is 3. The highest BCUT2D eigenvalue weighted by Gasteiger charge is 1.98. The lowest BCUT2D eigenvalue weighted by molar-refractivity contribution is 1.14. The second-order valence-corrected chi connectivity index (χ2v) is 3.61. The zero-order chi connectivity index (χ0) is 12.1. The molecule has 0 radical (unpaired) electrons. The third-order valence-electron chi connectivity index (χ3n) is 2.42. The predicted molar refractivity (Wildman–Crippen MR) is 68.9 cm³/mol. The Balaban J connectivity index is 2.13. The van der Waals surface area contributed by atoms with Crippen molar-refractivity contribution >= 4 is 17.3 Å². The zero-order valence-electron chi connectivity index (χ0n) is 9.64. The normalized spacial score (nSPS) is 10.0. The first kappa shape index (κ1) is 11.3. The molecule has 1 heterocycles. The summed E-state index contributed by atoms with van der Waals surface area (Å²) in [6.45, 7) is 2.13. The minimum Gasteiger partial charge on any atom is -0.339 e. The van der Waals surface area contributed by atoms with Gasteiger partial charge in [-0.15, -0.1) is 0 Å². The van der Waals surface area contributed by atoms with E-state index in [-0.39, 0.29) is 0 Å². The van der Waals surface area contributed by atoms with E-state index in [1.54, 1.807) is 12.4 Å². The van der Waals surface area contributed by atoms with Crippen molar-refractivity contribution in [1.82, 2.24) is 9.97 Å². The van der Waals surface area contributed by atoms with Crippen molar-refractivity contribution < 1.29 is 0 Å². The summed E-state index contributed by atoms with van der Waals surface area (Å²) in [5.74, 6) is 6.45. The Bertz CT molecular complexity index is 481. The van der Waals surface area contributed by atoms with E-state index in [0.717, 1.165) is 12.1 Å². The van der Waals surface area contributed by atoms with Crippen LogP contribution in [0.25, 0.3) is 0 Å². The van der Waals surface area contributed by atoms with E-state index in [9.17, 15) is 0 Å². The van der Waals surface area contributed by atoms with E-state index in [4.69, 9.17) is 5.84 Å². The van der Waals surface area contributed by atoms with Gasteiger partial charge in [-0.2, -0.15) is 0 Å². The Hall–Kier alpha value is -2.14. The summed E-state index contributed by atoms with van der Waals surface area (Å²) in [5.41, 5.74) is 4.74. The lowest BCUT2D eigenvalue weighted by Gasteiger charge is -2.07. The molecular formula is C12H15N5. The van der Waals surface area contributed by atoms with Crippen molar-refractivity contribution in [2.24, 2.45) is 5.84 Å². The number of aryl methyl sites for hydroxylation is 1. The third-order valence-corrected chi connectivity index (χ3v) is 2.42. The largest absolute Gasteiger partial charge is 0.339 e. The van der Waals surface area contributed by atoms with Gasteiger partial charge in [-0.1, -0.05) is 19.1 Å². The van der Waals surface area contributed by atoms with Crippen LogP contribution in [0.4, 0.5) is 17.3 Å². The van der Waals surface area contributed by atoms with Crippen LogP contribution in [0.1, 0.15) is 12.5 Å². The number of hydrazine groups is 1. The number of benzene rings is 1. The molecule has 5 nitrogen and oxygen atoms in total. The molecule has 0 aliphatic heterocycles. The van der Waals surface area contributed by atoms with Crippen LogP contribution in [0, 0.1) is 0 Å². The summed E-state index contributed by atoms with van der Waals surface area (Å²) < 4.78 is 0. The van der Waals surface area contributed by atoms with Crippen molar-refractivity contribution in [1.29, 1.82) is 0 Å². The van der Waals surface area contributed by atoms with Crippen LogP contribution in [-0.4, -0.2) is 9.97 Å². The van der Waals surface area contributed by atoms with Crippen molar-refractivity contribution in [2.45, 2.75) is 13.3 Å². The summed E-state index contributed by atoms with van der Waals surface area (Å²) in [6.07, 6.45) is 4.24. The average Bonchev–Trinajstić information content (AvgIpc) is 2.40. The molecule has 5 heteroatoms. The number of hydrogen-bond acceptors (Lipinski definition) is 5. The summed E-state index contributed by atoms with van der Waals surface area (Å²) in [5, 5.41) is 3.16. The van der Waals surface area contributed by atoms with Crippen LogP contribution in [-0.2, 0) is 6.42 Å². The maximum atomic E-state index is 5.27. The summed E-state index contributed by atoms with van der Waals surface area (Å²) in [6, 6.07) is 8.20. The molecule has 0 spiro atoms. The number of aromatic nitrogens is 2. The molecule has 0 saturated heterocycles. The van der Waals surface area contributed by atoms with Gasteiger partial charge in [-0.05, 0) is 24.1 Å². The quantitative estimate of drug-likeness (QED) is 0.552. The minimum atomic E-state index is 0.528. The van der Waals surface area contributed by atoms with Crippen molar-refractivity contribution in [3.05, 3.63) is 42.2 Å². The Morgan fingerprint density at radius 1 is 1.12 bits per heavy atom. The van der Waals surface area contributed by atoms with Gasteiger partial charge in [0.1, 0.15) is 0 Å². The first-order valence-corrected chi connectivity index (χ1v) is 5.46. The molecule has 0 amide bonds. The molecule has 0 aliphatic carbocycles. The van der Waals surface area contributed by atoms with Gasteiger partial charge >= 0.3 is 0 Å². The summed E-state index contributed by atoms with van der Waals surface area (Å²) >= 11 is 0. The second kappa shape index (κ2) is 5.27. The SMILES string of the molecule is CCc1ccc(Nc2cncc(NN)n2)cc1. The first-order valence-electron chi connectivity index (χ1n) is 5.46. The maximum Gasteiger partial charge on any atom is 0.160 e. The highest BCUT2D eigenvalue weighted by molar-refractivity contribution is 5.57. The molecule has 0 aliphatic rings. The average molecular weight is 229 g/mol. The molecule has 1 aromatic heterocycles. The van der Waals surface area contributed by atoms with Gasteiger partial charge in [0.25, 0.3) is 0 Å². The van der Waals surface area contributed by atoms with E-state index in [1.807, 2.05) is 12.1 Å². The van der Waals surface area contributed by atoms with Gasteiger partial charge in [0.15, 0.2) is 11.6 Å². The van der Waals surface area contributed by atoms with Gasteiger partial charge in [-0.3, -0.25) is 4.98 Å². The van der Waals surface area contributed by atoms with Gasteiger partial charge in [0, 0.05) is 5.69 Å².